The molecule has 3 rings (SSSR count). The molecule has 118 valence electrons. The van der Waals surface area contributed by atoms with E-state index in [4.69, 9.17) is 4.42 Å². The van der Waals surface area contributed by atoms with Crippen LogP contribution in [0, 0.1) is 6.92 Å². The third kappa shape index (κ3) is 3.62. The first kappa shape index (κ1) is 15.8. The van der Waals surface area contributed by atoms with Crippen molar-refractivity contribution in [2.24, 2.45) is 7.05 Å². The Bertz CT molecular complexity index is 860. The summed E-state index contributed by atoms with van der Waals surface area (Å²) in [6, 6.07) is 8.98. The highest BCUT2D eigenvalue weighted by Crippen LogP contribution is 2.34. The van der Waals surface area contributed by atoms with E-state index in [1.807, 2.05) is 18.2 Å². The maximum Gasteiger partial charge on any atom is 0.291 e. The summed E-state index contributed by atoms with van der Waals surface area (Å²) < 4.78 is 7.76. The number of nitrogens with zero attached hydrogens (tertiary/aromatic N) is 4. The average molecular weight is 394 g/mol. The smallest absolute Gasteiger partial charge is 0.291 e. The number of tetrazole rings is 1. The number of carbonyl (C=O) groups is 1. The van der Waals surface area contributed by atoms with Gasteiger partial charge < -0.3 is 9.73 Å². The fraction of sp³-hybridized carbons (Fsp3) is 0.143. The second-order valence-corrected chi connectivity index (χ2v) is 6.62. The molecule has 0 saturated carbocycles. The third-order valence-electron chi connectivity index (χ3n) is 2.94. The lowest BCUT2D eigenvalue weighted by molar-refractivity contribution is 0.0995. The van der Waals surface area contributed by atoms with E-state index in [1.165, 1.54) is 11.8 Å². The molecule has 1 aromatic carbocycles. The van der Waals surface area contributed by atoms with Crippen LogP contribution in [0.25, 0.3) is 0 Å². The number of amides is 1. The van der Waals surface area contributed by atoms with Crippen molar-refractivity contribution < 1.29 is 9.21 Å². The zero-order valence-corrected chi connectivity index (χ0v) is 14.7. The summed E-state index contributed by atoms with van der Waals surface area (Å²) in [5.74, 6) is 0.636. The number of benzene rings is 1. The van der Waals surface area contributed by atoms with Crippen LogP contribution in [0.5, 0.6) is 0 Å². The summed E-state index contributed by atoms with van der Waals surface area (Å²) in [5, 5.41) is 14.8. The van der Waals surface area contributed by atoms with Gasteiger partial charge in [-0.15, -0.1) is 5.10 Å². The van der Waals surface area contributed by atoms with Crippen LogP contribution in [0.1, 0.15) is 16.3 Å². The maximum absolute atomic E-state index is 12.3. The van der Waals surface area contributed by atoms with Gasteiger partial charge in [0.05, 0.1) is 5.69 Å². The van der Waals surface area contributed by atoms with Gasteiger partial charge in [0.2, 0.25) is 5.16 Å². The van der Waals surface area contributed by atoms with Gasteiger partial charge in [-0.3, -0.25) is 4.79 Å². The predicted octanol–water partition coefficient (Wildman–Crippen LogP) is 3.28. The van der Waals surface area contributed by atoms with Crippen LogP contribution in [0.3, 0.4) is 0 Å². The van der Waals surface area contributed by atoms with E-state index < -0.39 is 0 Å². The second-order valence-electron chi connectivity index (χ2n) is 4.69. The molecule has 0 atom stereocenters. The third-order valence-corrected chi connectivity index (χ3v) is 4.53. The Balaban J connectivity index is 1.87. The number of hydrogen-bond donors (Lipinski definition) is 1. The Morgan fingerprint density at radius 3 is 2.83 bits per heavy atom. The van der Waals surface area contributed by atoms with Crippen molar-refractivity contribution in [2.75, 3.05) is 5.32 Å². The molecule has 2 heterocycles. The van der Waals surface area contributed by atoms with Crippen molar-refractivity contribution in [3.05, 3.63) is 46.3 Å². The SMILES string of the molecule is Cc1ccc(C(=O)Nc2cc(Br)ccc2Sc2nnnn2C)o1. The van der Waals surface area contributed by atoms with Gasteiger partial charge in [0.25, 0.3) is 5.91 Å². The zero-order chi connectivity index (χ0) is 16.4. The molecule has 0 bridgehead atoms. The van der Waals surface area contributed by atoms with Gasteiger partial charge in [0, 0.05) is 16.4 Å². The van der Waals surface area contributed by atoms with Gasteiger partial charge in [-0.2, -0.15) is 0 Å². The number of aryl methyl sites for hydroxylation is 2. The first-order valence-electron chi connectivity index (χ1n) is 6.60. The van der Waals surface area contributed by atoms with Crippen LogP contribution in [-0.4, -0.2) is 26.1 Å². The molecule has 0 saturated heterocycles. The maximum atomic E-state index is 12.3. The number of anilines is 1. The molecular weight excluding hydrogens is 382 g/mol. The summed E-state index contributed by atoms with van der Waals surface area (Å²) in [7, 11) is 1.76. The van der Waals surface area contributed by atoms with Gasteiger partial charge in [-0.1, -0.05) is 15.9 Å². The van der Waals surface area contributed by atoms with Crippen molar-refractivity contribution in [3.8, 4) is 0 Å². The predicted molar refractivity (Wildman–Crippen MR) is 88.5 cm³/mol. The van der Waals surface area contributed by atoms with E-state index in [0.29, 0.717) is 16.6 Å². The molecule has 23 heavy (non-hydrogen) atoms. The van der Waals surface area contributed by atoms with E-state index in [9.17, 15) is 4.79 Å². The Labute approximate surface area is 144 Å². The molecule has 0 radical (unpaired) electrons. The zero-order valence-electron chi connectivity index (χ0n) is 12.3. The highest BCUT2D eigenvalue weighted by Gasteiger charge is 2.15. The van der Waals surface area contributed by atoms with Gasteiger partial charge in [-0.25, -0.2) is 4.68 Å². The molecule has 0 fully saturated rings. The van der Waals surface area contributed by atoms with Gasteiger partial charge in [0.15, 0.2) is 5.76 Å². The lowest BCUT2D eigenvalue weighted by Gasteiger charge is -2.10. The van der Waals surface area contributed by atoms with Crippen LogP contribution >= 0.6 is 27.7 Å². The van der Waals surface area contributed by atoms with Crippen molar-refractivity contribution in [3.63, 3.8) is 0 Å². The molecule has 1 N–H and O–H groups in total. The van der Waals surface area contributed by atoms with Crippen molar-refractivity contribution in [1.29, 1.82) is 0 Å². The number of carbonyl (C=O) groups excluding carboxylic acids is 1. The molecular formula is C14H12BrN5O2S. The molecule has 0 aliphatic heterocycles. The summed E-state index contributed by atoms with van der Waals surface area (Å²) in [6.07, 6.45) is 0. The monoisotopic (exact) mass is 393 g/mol. The Kier molecular flexibility index (Phi) is 4.49. The van der Waals surface area contributed by atoms with Gasteiger partial charge >= 0.3 is 0 Å². The summed E-state index contributed by atoms with van der Waals surface area (Å²) in [5.41, 5.74) is 0.645. The van der Waals surface area contributed by atoms with E-state index in [2.05, 4.69) is 36.8 Å². The number of hydrogen-bond acceptors (Lipinski definition) is 6. The minimum absolute atomic E-state index is 0.263. The molecule has 9 heteroatoms. The first-order valence-corrected chi connectivity index (χ1v) is 8.21. The number of rotatable bonds is 4. The standard InChI is InChI=1S/C14H12BrN5O2S/c1-8-3-5-11(22-8)13(21)16-10-7-9(15)4-6-12(10)23-14-17-18-19-20(14)2/h3-7H,1-2H3,(H,16,21). The largest absolute Gasteiger partial charge is 0.456 e. The van der Waals surface area contributed by atoms with E-state index >= 15 is 0 Å². The van der Waals surface area contributed by atoms with Gasteiger partial charge in [-0.05, 0) is 59.4 Å². The second kappa shape index (κ2) is 6.55. The number of nitrogens with one attached hydrogen (secondary N) is 1. The lowest BCUT2D eigenvalue weighted by Crippen LogP contribution is -2.11. The number of aromatic nitrogens is 4. The minimum atomic E-state index is -0.311. The van der Waals surface area contributed by atoms with Gasteiger partial charge in [0.1, 0.15) is 5.76 Å². The lowest BCUT2D eigenvalue weighted by atomic mass is 10.3. The van der Waals surface area contributed by atoms with E-state index in [0.717, 1.165) is 9.37 Å². The molecule has 1 amide bonds. The highest BCUT2D eigenvalue weighted by molar-refractivity contribution is 9.10. The minimum Gasteiger partial charge on any atom is -0.456 e. The molecule has 3 aromatic rings. The van der Waals surface area contributed by atoms with Crippen LogP contribution < -0.4 is 5.32 Å². The summed E-state index contributed by atoms with van der Waals surface area (Å²) >= 11 is 4.77. The Morgan fingerprint density at radius 1 is 1.35 bits per heavy atom. The Hall–Kier alpha value is -2.13. The van der Waals surface area contributed by atoms with Crippen molar-refractivity contribution in [1.82, 2.24) is 20.2 Å². The van der Waals surface area contributed by atoms with Crippen LogP contribution in [-0.2, 0) is 7.05 Å². The summed E-state index contributed by atoms with van der Waals surface area (Å²) in [6.45, 7) is 1.79. The van der Waals surface area contributed by atoms with Crippen LogP contribution in [0.15, 0.2) is 49.3 Å². The Morgan fingerprint density at radius 2 is 2.17 bits per heavy atom. The molecule has 0 aliphatic carbocycles. The number of furan rings is 1. The average Bonchev–Trinajstić information content (AvgIpc) is 3.11. The van der Waals surface area contributed by atoms with Crippen LogP contribution in [0.2, 0.25) is 0 Å². The van der Waals surface area contributed by atoms with E-state index in [-0.39, 0.29) is 11.7 Å². The molecule has 0 spiro atoms. The fourth-order valence-corrected chi connectivity index (χ4v) is 3.00. The molecule has 0 unspecified atom stereocenters. The highest BCUT2D eigenvalue weighted by atomic mass is 79.9. The summed E-state index contributed by atoms with van der Waals surface area (Å²) in [4.78, 5) is 13.1. The quantitative estimate of drug-likeness (QED) is 0.731. The van der Waals surface area contributed by atoms with Crippen molar-refractivity contribution >= 4 is 39.3 Å². The topological polar surface area (TPSA) is 85.8 Å². The normalized spacial score (nSPS) is 10.7. The van der Waals surface area contributed by atoms with Crippen LogP contribution in [0.4, 0.5) is 5.69 Å². The molecule has 7 nitrogen and oxygen atoms in total. The molecule has 2 aromatic heterocycles. The molecule has 0 aliphatic rings. The van der Waals surface area contributed by atoms with E-state index in [1.54, 1.807) is 30.8 Å². The fourth-order valence-electron chi connectivity index (χ4n) is 1.84. The van der Waals surface area contributed by atoms with Crippen molar-refractivity contribution in [2.45, 2.75) is 17.0 Å². The first-order chi connectivity index (χ1) is 11.0. The number of halogens is 1.